The zero-order valence-electron chi connectivity index (χ0n) is 24.9. The molecule has 4 nitrogen and oxygen atoms in total. The molecule has 0 amide bonds. The van der Waals surface area contributed by atoms with Gasteiger partial charge in [-0.3, -0.25) is 4.90 Å². The zero-order valence-corrected chi connectivity index (χ0v) is 25.8. The van der Waals surface area contributed by atoms with Gasteiger partial charge in [0.25, 0.3) is 0 Å². The Balaban J connectivity index is 1.25. The molecule has 218 valence electrons. The summed E-state index contributed by atoms with van der Waals surface area (Å²) in [7, 11) is 0. The maximum absolute atomic E-state index is 6.35. The summed E-state index contributed by atoms with van der Waals surface area (Å²) in [6.45, 7) is 0. The molecular formula is C42H23N3OS. The average molecular weight is 618 g/mol. The number of furan rings is 1. The molecule has 1 aliphatic rings. The van der Waals surface area contributed by atoms with Crippen molar-refractivity contribution in [1.82, 2.24) is 9.97 Å². The van der Waals surface area contributed by atoms with Crippen LogP contribution in [-0.4, -0.2) is 9.97 Å². The van der Waals surface area contributed by atoms with Crippen molar-refractivity contribution in [2.45, 2.75) is 0 Å². The summed E-state index contributed by atoms with van der Waals surface area (Å²) in [5.41, 5.74) is 9.18. The second-order valence-corrected chi connectivity index (χ2v) is 13.2. The Labute approximate surface area is 272 Å². The summed E-state index contributed by atoms with van der Waals surface area (Å²) in [6, 6.07) is 49.5. The lowest BCUT2D eigenvalue weighted by atomic mass is 9.90. The highest BCUT2D eigenvalue weighted by molar-refractivity contribution is 7.26. The van der Waals surface area contributed by atoms with Crippen LogP contribution in [0.2, 0.25) is 0 Å². The Morgan fingerprint density at radius 3 is 2.19 bits per heavy atom. The van der Waals surface area contributed by atoms with Gasteiger partial charge in [0.2, 0.25) is 5.95 Å². The van der Waals surface area contributed by atoms with Gasteiger partial charge in [-0.25, -0.2) is 9.97 Å². The lowest BCUT2D eigenvalue weighted by molar-refractivity contribution is 0.669. The first-order valence-electron chi connectivity index (χ1n) is 15.7. The first-order chi connectivity index (χ1) is 23.3. The van der Waals surface area contributed by atoms with Crippen LogP contribution < -0.4 is 4.90 Å². The van der Waals surface area contributed by atoms with E-state index in [1.807, 2.05) is 12.1 Å². The maximum Gasteiger partial charge on any atom is 0.235 e. The number of rotatable bonds is 2. The van der Waals surface area contributed by atoms with E-state index in [9.17, 15) is 0 Å². The van der Waals surface area contributed by atoms with E-state index in [2.05, 4.69) is 132 Å². The molecule has 0 saturated heterocycles. The predicted molar refractivity (Wildman–Crippen MR) is 196 cm³/mol. The molecule has 0 N–H and O–H groups in total. The van der Waals surface area contributed by atoms with E-state index in [-0.39, 0.29) is 0 Å². The average Bonchev–Trinajstić information content (AvgIpc) is 3.69. The van der Waals surface area contributed by atoms with Gasteiger partial charge in [-0.05, 0) is 64.2 Å². The fourth-order valence-corrected chi connectivity index (χ4v) is 8.61. The van der Waals surface area contributed by atoms with Gasteiger partial charge in [0.1, 0.15) is 11.2 Å². The van der Waals surface area contributed by atoms with Gasteiger partial charge in [-0.2, -0.15) is 0 Å². The first kappa shape index (κ1) is 25.2. The van der Waals surface area contributed by atoms with Crippen molar-refractivity contribution >= 4 is 92.4 Å². The van der Waals surface area contributed by atoms with Gasteiger partial charge in [0.15, 0.2) is 0 Å². The monoisotopic (exact) mass is 617 g/mol. The molecule has 4 heterocycles. The maximum atomic E-state index is 6.35. The van der Waals surface area contributed by atoms with Crippen LogP contribution >= 0.6 is 11.3 Å². The number of hydrogen-bond donors (Lipinski definition) is 0. The molecule has 0 saturated carbocycles. The minimum atomic E-state index is 0.652. The number of thiophene rings is 1. The number of para-hydroxylation sites is 1. The highest BCUT2D eigenvalue weighted by atomic mass is 32.1. The Morgan fingerprint density at radius 2 is 1.28 bits per heavy atom. The Hall–Kier alpha value is -6.04. The third-order valence-corrected chi connectivity index (χ3v) is 10.7. The van der Waals surface area contributed by atoms with Crippen molar-refractivity contribution in [2.24, 2.45) is 0 Å². The fourth-order valence-electron chi connectivity index (χ4n) is 7.45. The van der Waals surface area contributed by atoms with Crippen molar-refractivity contribution in [1.29, 1.82) is 0 Å². The van der Waals surface area contributed by atoms with Crippen LogP contribution in [0, 0.1) is 0 Å². The van der Waals surface area contributed by atoms with E-state index in [1.165, 1.54) is 37.4 Å². The van der Waals surface area contributed by atoms with Crippen LogP contribution in [0.4, 0.5) is 17.3 Å². The molecule has 5 heteroatoms. The second-order valence-electron chi connectivity index (χ2n) is 12.2. The smallest absolute Gasteiger partial charge is 0.235 e. The molecule has 47 heavy (non-hydrogen) atoms. The summed E-state index contributed by atoms with van der Waals surface area (Å²) in [5, 5.41) is 8.16. The standard InChI is InChI=1S/C42H23N3OS/c1-2-10-26-22-34-32(21-25(26)9-1)30-15-7-11-24-12-8-16-33(38(24)30)45(34)42-43-39(41-40(44-42)31-14-4-6-18-37(31)47-41)27-19-20-29-28-13-3-5-17-35(28)46-36(29)23-27/h1-23H. The zero-order chi connectivity index (χ0) is 30.6. The SMILES string of the molecule is c1ccc2cc3c(cc2c1)-c1cccc2cccc(c12)N3c1nc(-c2ccc3c(c2)oc2ccccc23)c2sc3ccccc3c2n1. The third kappa shape index (κ3) is 3.52. The number of benzene rings is 7. The van der Waals surface area contributed by atoms with Crippen molar-refractivity contribution < 1.29 is 4.42 Å². The lowest BCUT2D eigenvalue weighted by Gasteiger charge is -2.32. The second kappa shape index (κ2) is 9.25. The van der Waals surface area contributed by atoms with Crippen molar-refractivity contribution in [2.75, 3.05) is 4.90 Å². The van der Waals surface area contributed by atoms with E-state index < -0.39 is 0 Å². The van der Waals surface area contributed by atoms with Crippen LogP contribution in [0.3, 0.4) is 0 Å². The number of hydrogen-bond acceptors (Lipinski definition) is 5. The first-order valence-corrected chi connectivity index (χ1v) is 16.6. The quantitative estimate of drug-likeness (QED) is 0.194. The molecule has 3 aromatic heterocycles. The molecule has 11 rings (SSSR count). The largest absolute Gasteiger partial charge is 0.456 e. The Bertz CT molecular complexity index is 2930. The molecule has 10 aromatic rings. The summed E-state index contributed by atoms with van der Waals surface area (Å²) < 4.78 is 8.61. The fraction of sp³-hybridized carbons (Fsp3) is 0. The summed E-state index contributed by atoms with van der Waals surface area (Å²) in [5.74, 6) is 0.652. The van der Waals surface area contributed by atoms with Gasteiger partial charge in [-0.15, -0.1) is 11.3 Å². The predicted octanol–water partition coefficient (Wildman–Crippen LogP) is 12.2. The van der Waals surface area contributed by atoms with Gasteiger partial charge < -0.3 is 4.42 Å². The molecule has 7 aromatic carbocycles. The Kier molecular flexibility index (Phi) is 4.96. The van der Waals surface area contributed by atoms with Gasteiger partial charge in [0.05, 0.1) is 27.3 Å². The van der Waals surface area contributed by atoms with E-state index >= 15 is 0 Å². The topological polar surface area (TPSA) is 42.2 Å². The molecule has 0 bridgehead atoms. The van der Waals surface area contributed by atoms with Gasteiger partial charge >= 0.3 is 0 Å². The van der Waals surface area contributed by atoms with Crippen molar-refractivity contribution in [3.05, 3.63) is 140 Å². The van der Waals surface area contributed by atoms with Crippen LogP contribution in [0.15, 0.2) is 144 Å². The number of anilines is 3. The summed E-state index contributed by atoms with van der Waals surface area (Å²) >= 11 is 1.75. The van der Waals surface area contributed by atoms with Crippen LogP contribution in [0.5, 0.6) is 0 Å². The highest BCUT2D eigenvalue weighted by Crippen LogP contribution is 2.52. The normalized spacial score (nSPS) is 12.6. The van der Waals surface area contributed by atoms with Crippen molar-refractivity contribution in [3.8, 4) is 22.4 Å². The third-order valence-electron chi connectivity index (χ3n) is 9.58. The minimum Gasteiger partial charge on any atom is -0.456 e. The van der Waals surface area contributed by atoms with Gasteiger partial charge in [-0.1, -0.05) is 97.1 Å². The molecular weight excluding hydrogens is 595 g/mol. The molecule has 0 fully saturated rings. The van der Waals surface area contributed by atoms with Crippen molar-refractivity contribution in [3.63, 3.8) is 0 Å². The van der Waals surface area contributed by atoms with Crippen LogP contribution in [-0.2, 0) is 0 Å². The Morgan fingerprint density at radius 1 is 0.532 bits per heavy atom. The van der Waals surface area contributed by atoms with E-state index in [4.69, 9.17) is 14.4 Å². The minimum absolute atomic E-state index is 0.652. The summed E-state index contributed by atoms with van der Waals surface area (Å²) in [4.78, 5) is 13.2. The molecule has 0 radical (unpaired) electrons. The molecule has 0 atom stereocenters. The molecule has 0 unspecified atom stereocenters. The number of aromatic nitrogens is 2. The van der Waals surface area contributed by atoms with E-state index in [0.717, 1.165) is 60.2 Å². The molecule has 0 spiro atoms. The lowest BCUT2D eigenvalue weighted by Crippen LogP contribution is -2.18. The molecule has 0 aliphatic carbocycles. The number of nitrogens with zero attached hydrogens (tertiary/aromatic N) is 3. The van der Waals surface area contributed by atoms with Gasteiger partial charge in [0, 0.05) is 37.4 Å². The molecule has 1 aliphatic heterocycles. The van der Waals surface area contributed by atoms with E-state index in [1.54, 1.807) is 11.3 Å². The highest BCUT2D eigenvalue weighted by Gasteiger charge is 2.29. The number of fused-ring (bicyclic) bond motifs is 9. The summed E-state index contributed by atoms with van der Waals surface area (Å²) in [6.07, 6.45) is 0. The van der Waals surface area contributed by atoms with Crippen LogP contribution in [0.1, 0.15) is 0 Å². The van der Waals surface area contributed by atoms with Crippen LogP contribution in [0.25, 0.3) is 86.2 Å². The van der Waals surface area contributed by atoms with E-state index in [0.29, 0.717) is 5.95 Å².